The number of carbonyl (C=O) groups excluding carboxylic acids is 1. The molecule has 2 aromatic rings. The molecule has 0 bridgehead atoms. The Kier molecular flexibility index (Phi) is 3.95. The summed E-state index contributed by atoms with van der Waals surface area (Å²) in [6.45, 7) is 6.47. The third-order valence-electron chi connectivity index (χ3n) is 2.79. The first kappa shape index (κ1) is 13.7. The summed E-state index contributed by atoms with van der Waals surface area (Å²) in [5, 5.41) is 7.39. The lowest BCUT2D eigenvalue weighted by atomic mass is 10.3. The van der Waals surface area contributed by atoms with E-state index in [-0.39, 0.29) is 5.91 Å². The lowest BCUT2D eigenvalue weighted by Crippen LogP contribution is -2.25. The molecule has 2 heterocycles. The van der Waals surface area contributed by atoms with Gasteiger partial charge in [0.25, 0.3) is 5.91 Å². The molecule has 6 heteroatoms. The number of nitrogens with zero attached hydrogens (tertiary/aromatic N) is 2. The number of nitrogens with one attached hydrogen (secondary N) is 1. The summed E-state index contributed by atoms with van der Waals surface area (Å²) in [6.07, 6.45) is 0. The van der Waals surface area contributed by atoms with Crippen LogP contribution >= 0.6 is 11.6 Å². The van der Waals surface area contributed by atoms with E-state index in [0.29, 0.717) is 35.3 Å². The van der Waals surface area contributed by atoms with Crippen molar-refractivity contribution in [3.63, 3.8) is 0 Å². The second-order valence-corrected chi connectivity index (χ2v) is 4.64. The average molecular weight is 282 g/mol. The zero-order chi connectivity index (χ0) is 14.0. The number of hydrogen-bond donors (Lipinski definition) is 1. The van der Waals surface area contributed by atoms with E-state index in [0.717, 1.165) is 5.76 Å². The predicted molar refractivity (Wildman–Crippen MR) is 72.3 cm³/mol. The highest BCUT2D eigenvalue weighted by Crippen LogP contribution is 2.20. The van der Waals surface area contributed by atoms with Gasteiger partial charge in [0.1, 0.15) is 17.2 Å². The van der Waals surface area contributed by atoms with E-state index in [1.807, 2.05) is 26.0 Å². The Bertz CT molecular complexity index is 601. The molecule has 0 atom stereocenters. The van der Waals surface area contributed by atoms with Crippen molar-refractivity contribution >= 4 is 17.5 Å². The summed E-state index contributed by atoms with van der Waals surface area (Å²) in [6, 6.07) is 3.69. The van der Waals surface area contributed by atoms with Gasteiger partial charge in [-0.2, -0.15) is 5.10 Å². The largest absolute Gasteiger partial charge is 0.465 e. The van der Waals surface area contributed by atoms with E-state index < -0.39 is 0 Å². The molecule has 0 saturated heterocycles. The van der Waals surface area contributed by atoms with E-state index in [1.165, 1.54) is 0 Å². The van der Waals surface area contributed by atoms with Crippen LogP contribution in [-0.4, -0.2) is 15.7 Å². The van der Waals surface area contributed by atoms with Gasteiger partial charge in [0.2, 0.25) is 0 Å². The Morgan fingerprint density at radius 3 is 2.79 bits per heavy atom. The van der Waals surface area contributed by atoms with E-state index in [2.05, 4.69) is 10.4 Å². The Labute approximate surface area is 116 Å². The molecule has 0 aromatic carbocycles. The molecule has 0 aliphatic rings. The van der Waals surface area contributed by atoms with Crippen LogP contribution in [0.25, 0.3) is 0 Å². The fourth-order valence-electron chi connectivity index (χ4n) is 1.84. The van der Waals surface area contributed by atoms with Crippen LogP contribution in [0.1, 0.15) is 34.6 Å². The minimum absolute atomic E-state index is 0.249. The van der Waals surface area contributed by atoms with Crippen molar-refractivity contribution in [1.82, 2.24) is 15.1 Å². The SMILES string of the molecule is CCn1nc(C)c(Cl)c1C(=O)NCc1ccc(C)o1. The maximum Gasteiger partial charge on any atom is 0.271 e. The first-order chi connectivity index (χ1) is 9.02. The molecule has 1 amide bonds. The van der Waals surface area contributed by atoms with Crippen LogP contribution in [-0.2, 0) is 13.1 Å². The Hall–Kier alpha value is -1.75. The second kappa shape index (κ2) is 5.48. The van der Waals surface area contributed by atoms with Gasteiger partial charge < -0.3 is 9.73 Å². The minimum atomic E-state index is -0.249. The van der Waals surface area contributed by atoms with Crippen LogP contribution < -0.4 is 5.32 Å². The third kappa shape index (κ3) is 2.81. The molecule has 2 aromatic heterocycles. The van der Waals surface area contributed by atoms with Crippen molar-refractivity contribution in [1.29, 1.82) is 0 Å². The summed E-state index contributed by atoms with van der Waals surface area (Å²) in [5.41, 5.74) is 1.05. The Balaban J connectivity index is 2.12. The fraction of sp³-hybridized carbons (Fsp3) is 0.385. The fourth-order valence-corrected chi connectivity index (χ4v) is 2.06. The lowest BCUT2D eigenvalue weighted by Gasteiger charge is -2.06. The van der Waals surface area contributed by atoms with Gasteiger partial charge in [-0.1, -0.05) is 11.6 Å². The van der Waals surface area contributed by atoms with Gasteiger partial charge in [-0.05, 0) is 32.9 Å². The zero-order valence-corrected chi connectivity index (χ0v) is 11.9. The minimum Gasteiger partial charge on any atom is -0.465 e. The quantitative estimate of drug-likeness (QED) is 0.937. The van der Waals surface area contributed by atoms with E-state index in [4.69, 9.17) is 16.0 Å². The number of carbonyl (C=O) groups is 1. The van der Waals surface area contributed by atoms with Gasteiger partial charge in [-0.25, -0.2) is 0 Å². The normalized spacial score (nSPS) is 10.7. The van der Waals surface area contributed by atoms with Gasteiger partial charge in [0, 0.05) is 6.54 Å². The van der Waals surface area contributed by atoms with Crippen LogP contribution in [0.5, 0.6) is 0 Å². The van der Waals surface area contributed by atoms with Crippen molar-refractivity contribution in [2.75, 3.05) is 0 Å². The maximum absolute atomic E-state index is 12.1. The molecule has 0 aliphatic carbocycles. The molecule has 0 unspecified atom stereocenters. The van der Waals surface area contributed by atoms with Crippen LogP contribution in [0.4, 0.5) is 0 Å². The molecule has 0 saturated carbocycles. The highest BCUT2D eigenvalue weighted by molar-refractivity contribution is 6.34. The number of aromatic nitrogens is 2. The Morgan fingerprint density at radius 1 is 1.47 bits per heavy atom. The number of rotatable bonds is 4. The molecule has 102 valence electrons. The maximum atomic E-state index is 12.1. The number of furan rings is 1. The van der Waals surface area contributed by atoms with Crippen molar-refractivity contribution in [3.8, 4) is 0 Å². The number of hydrogen-bond acceptors (Lipinski definition) is 3. The lowest BCUT2D eigenvalue weighted by molar-refractivity contribution is 0.0937. The molecule has 5 nitrogen and oxygen atoms in total. The van der Waals surface area contributed by atoms with Gasteiger partial charge in [0.15, 0.2) is 0 Å². The van der Waals surface area contributed by atoms with Crippen LogP contribution in [0.3, 0.4) is 0 Å². The van der Waals surface area contributed by atoms with Gasteiger partial charge >= 0.3 is 0 Å². The molecule has 0 fully saturated rings. The Morgan fingerprint density at radius 2 is 2.21 bits per heavy atom. The predicted octanol–water partition coefficient (Wildman–Crippen LogP) is 2.70. The smallest absolute Gasteiger partial charge is 0.271 e. The van der Waals surface area contributed by atoms with Crippen LogP contribution in [0.15, 0.2) is 16.5 Å². The second-order valence-electron chi connectivity index (χ2n) is 4.26. The van der Waals surface area contributed by atoms with Gasteiger partial charge in [-0.3, -0.25) is 9.48 Å². The van der Waals surface area contributed by atoms with Crippen molar-refractivity contribution in [2.24, 2.45) is 0 Å². The molecular weight excluding hydrogens is 266 g/mol. The molecule has 2 rings (SSSR count). The first-order valence-corrected chi connectivity index (χ1v) is 6.47. The average Bonchev–Trinajstić information content (AvgIpc) is 2.92. The molecule has 0 aliphatic heterocycles. The van der Waals surface area contributed by atoms with Crippen LogP contribution in [0.2, 0.25) is 5.02 Å². The highest BCUT2D eigenvalue weighted by atomic mass is 35.5. The summed E-state index contributed by atoms with van der Waals surface area (Å²) in [5.74, 6) is 1.28. The number of aryl methyl sites for hydroxylation is 3. The van der Waals surface area contributed by atoms with Crippen molar-refractivity contribution in [3.05, 3.63) is 40.1 Å². The van der Waals surface area contributed by atoms with E-state index in [9.17, 15) is 4.79 Å². The summed E-state index contributed by atoms with van der Waals surface area (Å²) in [7, 11) is 0. The highest BCUT2D eigenvalue weighted by Gasteiger charge is 2.19. The monoisotopic (exact) mass is 281 g/mol. The summed E-state index contributed by atoms with van der Waals surface area (Å²) >= 11 is 6.11. The van der Waals surface area contributed by atoms with Gasteiger partial charge in [-0.15, -0.1) is 0 Å². The third-order valence-corrected chi connectivity index (χ3v) is 3.24. The summed E-state index contributed by atoms with van der Waals surface area (Å²) < 4.78 is 6.99. The van der Waals surface area contributed by atoms with E-state index >= 15 is 0 Å². The molecule has 1 N–H and O–H groups in total. The van der Waals surface area contributed by atoms with Crippen molar-refractivity contribution in [2.45, 2.75) is 33.9 Å². The first-order valence-electron chi connectivity index (χ1n) is 6.09. The number of amides is 1. The van der Waals surface area contributed by atoms with Crippen molar-refractivity contribution < 1.29 is 9.21 Å². The van der Waals surface area contributed by atoms with Crippen LogP contribution in [0, 0.1) is 13.8 Å². The van der Waals surface area contributed by atoms with E-state index in [1.54, 1.807) is 11.6 Å². The topological polar surface area (TPSA) is 60.1 Å². The number of halogens is 1. The zero-order valence-electron chi connectivity index (χ0n) is 11.2. The molecule has 0 spiro atoms. The standard InChI is InChI=1S/C13H16ClN3O2/c1-4-17-12(11(14)9(3)16-17)13(18)15-7-10-6-5-8(2)19-10/h5-6H,4,7H2,1-3H3,(H,15,18). The molecule has 0 radical (unpaired) electrons. The van der Waals surface area contributed by atoms with Gasteiger partial charge in [0.05, 0.1) is 17.3 Å². The molecular formula is C13H16ClN3O2. The molecule has 19 heavy (non-hydrogen) atoms. The summed E-state index contributed by atoms with van der Waals surface area (Å²) in [4.78, 5) is 12.1.